The summed E-state index contributed by atoms with van der Waals surface area (Å²) in [5, 5.41) is 9.10. The fraction of sp³-hybridized carbons (Fsp3) is 0.529. The Morgan fingerprint density at radius 2 is 1.86 bits per heavy atom. The van der Waals surface area contributed by atoms with E-state index in [1.54, 1.807) is 12.1 Å². The highest BCUT2D eigenvalue weighted by atomic mass is 16.5. The van der Waals surface area contributed by atoms with Crippen molar-refractivity contribution >= 4 is 11.8 Å². The van der Waals surface area contributed by atoms with Crippen molar-refractivity contribution < 1.29 is 19.4 Å². The van der Waals surface area contributed by atoms with Crippen LogP contribution in [0.4, 0.5) is 0 Å². The molecule has 1 heterocycles. The van der Waals surface area contributed by atoms with Crippen LogP contribution in [0.2, 0.25) is 0 Å². The van der Waals surface area contributed by atoms with Crippen molar-refractivity contribution in [3.8, 4) is 0 Å². The highest BCUT2D eigenvalue weighted by molar-refractivity contribution is 5.99. The molecule has 1 aliphatic heterocycles. The molecule has 1 unspecified atom stereocenters. The van der Waals surface area contributed by atoms with Crippen molar-refractivity contribution in [3.63, 3.8) is 0 Å². The highest BCUT2D eigenvalue weighted by Gasteiger charge is 2.26. The van der Waals surface area contributed by atoms with Gasteiger partial charge >= 0.3 is 5.97 Å². The Kier molecular flexibility index (Phi) is 6.10. The molecule has 1 aliphatic rings. The number of ether oxygens (including phenoxy) is 1. The Hall–Kier alpha value is -1.72. The molecule has 0 radical (unpaired) electrons. The lowest BCUT2D eigenvalue weighted by atomic mass is 9.93. The number of carboxylic acid groups (broad SMARTS) is 1. The van der Waals surface area contributed by atoms with Gasteiger partial charge in [0.25, 0.3) is 0 Å². The average Bonchev–Trinajstić information content (AvgIpc) is 2.54. The molecule has 1 fully saturated rings. The zero-order valence-electron chi connectivity index (χ0n) is 13.0. The summed E-state index contributed by atoms with van der Waals surface area (Å²) < 4.78 is 5.29. The SMILES string of the molecule is CCc1ccc(C(=O)C(CC(=O)O)CN2CCOCC2)cc1. The third-order valence-corrected chi connectivity index (χ3v) is 4.02. The van der Waals surface area contributed by atoms with Crippen molar-refractivity contribution in [2.75, 3.05) is 32.8 Å². The van der Waals surface area contributed by atoms with Gasteiger partial charge in [-0.15, -0.1) is 0 Å². The quantitative estimate of drug-likeness (QED) is 0.779. The van der Waals surface area contributed by atoms with E-state index in [9.17, 15) is 9.59 Å². The van der Waals surface area contributed by atoms with Crippen molar-refractivity contribution in [1.29, 1.82) is 0 Å². The maximum atomic E-state index is 12.6. The Morgan fingerprint density at radius 3 is 2.41 bits per heavy atom. The lowest BCUT2D eigenvalue weighted by Crippen LogP contribution is -2.41. The van der Waals surface area contributed by atoms with Gasteiger partial charge in [-0.2, -0.15) is 0 Å². The number of carbonyl (C=O) groups is 2. The van der Waals surface area contributed by atoms with Gasteiger partial charge < -0.3 is 9.84 Å². The number of aryl methyl sites for hydroxylation is 1. The maximum absolute atomic E-state index is 12.6. The Balaban J connectivity index is 2.08. The molecule has 5 nitrogen and oxygen atoms in total. The first-order valence-electron chi connectivity index (χ1n) is 7.75. The number of Topliss-reactive ketones (excluding diaryl/α,β-unsaturated/α-hetero) is 1. The molecule has 0 spiro atoms. The first kappa shape index (κ1) is 16.6. The second-order valence-corrected chi connectivity index (χ2v) is 5.62. The molecule has 5 heteroatoms. The molecule has 1 aromatic rings. The van der Waals surface area contributed by atoms with Gasteiger partial charge in [-0.1, -0.05) is 31.2 Å². The van der Waals surface area contributed by atoms with E-state index in [0.717, 1.165) is 19.5 Å². The van der Waals surface area contributed by atoms with Crippen LogP contribution in [0.15, 0.2) is 24.3 Å². The molecule has 0 aromatic heterocycles. The molecule has 22 heavy (non-hydrogen) atoms. The van der Waals surface area contributed by atoms with Crippen LogP contribution in [-0.4, -0.2) is 54.6 Å². The van der Waals surface area contributed by atoms with E-state index in [1.807, 2.05) is 12.1 Å². The van der Waals surface area contributed by atoms with E-state index < -0.39 is 11.9 Å². The molecule has 0 bridgehead atoms. The zero-order chi connectivity index (χ0) is 15.9. The van der Waals surface area contributed by atoms with Gasteiger partial charge in [0, 0.05) is 31.1 Å². The summed E-state index contributed by atoms with van der Waals surface area (Å²) in [6.07, 6.45) is 0.784. The fourth-order valence-electron chi connectivity index (χ4n) is 2.69. The molecule has 120 valence electrons. The number of carbonyl (C=O) groups excluding carboxylic acids is 1. The number of carboxylic acids is 1. The van der Waals surface area contributed by atoms with E-state index in [1.165, 1.54) is 5.56 Å². The Labute approximate surface area is 130 Å². The summed E-state index contributed by atoms with van der Waals surface area (Å²) >= 11 is 0. The molecule has 0 saturated carbocycles. The Morgan fingerprint density at radius 1 is 1.23 bits per heavy atom. The third-order valence-electron chi connectivity index (χ3n) is 4.02. The predicted octanol–water partition coefficient (Wildman–Crippen LogP) is 1.85. The summed E-state index contributed by atoms with van der Waals surface area (Å²) in [5.74, 6) is -1.53. The molecular weight excluding hydrogens is 282 g/mol. The number of hydrogen-bond donors (Lipinski definition) is 1. The number of aliphatic carboxylic acids is 1. The van der Waals surface area contributed by atoms with Crippen LogP contribution < -0.4 is 0 Å². The van der Waals surface area contributed by atoms with Crippen molar-refractivity contribution in [3.05, 3.63) is 35.4 Å². The number of morpholine rings is 1. The number of rotatable bonds is 7. The third kappa shape index (κ3) is 4.64. The molecule has 0 aliphatic carbocycles. The van der Waals surface area contributed by atoms with Crippen LogP contribution in [-0.2, 0) is 16.0 Å². The van der Waals surface area contributed by atoms with E-state index in [-0.39, 0.29) is 12.2 Å². The largest absolute Gasteiger partial charge is 0.481 e. The lowest BCUT2D eigenvalue weighted by molar-refractivity contribution is -0.138. The summed E-state index contributed by atoms with van der Waals surface area (Å²) in [5.41, 5.74) is 1.76. The van der Waals surface area contributed by atoms with Crippen molar-refractivity contribution in [1.82, 2.24) is 4.90 Å². The van der Waals surface area contributed by atoms with Gasteiger partial charge in [0.15, 0.2) is 5.78 Å². The van der Waals surface area contributed by atoms with Gasteiger partial charge in [-0.05, 0) is 12.0 Å². The summed E-state index contributed by atoms with van der Waals surface area (Å²) in [6.45, 7) is 5.31. The predicted molar refractivity (Wildman–Crippen MR) is 83.2 cm³/mol. The van der Waals surface area contributed by atoms with Gasteiger partial charge in [-0.25, -0.2) is 0 Å². The van der Waals surface area contributed by atoms with Crippen LogP contribution in [0, 0.1) is 5.92 Å². The highest BCUT2D eigenvalue weighted by Crippen LogP contribution is 2.16. The topological polar surface area (TPSA) is 66.8 Å². The minimum Gasteiger partial charge on any atom is -0.481 e. The molecule has 1 saturated heterocycles. The van der Waals surface area contributed by atoms with E-state index >= 15 is 0 Å². The molecular formula is C17H23NO4. The minimum atomic E-state index is -0.934. The monoisotopic (exact) mass is 305 g/mol. The molecule has 1 atom stereocenters. The Bertz CT molecular complexity index is 506. The second kappa shape index (κ2) is 8.06. The fourth-order valence-corrected chi connectivity index (χ4v) is 2.69. The second-order valence-electron chi connectivity index (χ2n) is 5.62. The maximum Gasteiger partial charge on any atom is 0.304 e. The minimum absolute atomic E-state index is 0.0865. The van der Waals surface area contributed by atoms with E-state index in [0.29, 0.717) is 25.3 Å². The number of hydrogen-bond acceptors (Lipinski definition) is 4. The van der Waals surface area contributed by atoms with Crippen LogP contribution in [0.25, 0.3) is 0 Å². The van der Waals surface area contributed by atoms with Gasteiger partial charge in [0.2, 0.25) is 0 Å². The van der Waals surface area contributed by atoms with E-state index in [2.05, 4.69) is 11.8 Å². The first-order chi connectivity index (χ1) is 10.6. The first-order valence-corrected chi connectivity index (χ1v) is 7.75. The molecule has 0 amide bonds. The van der Waals surface area contributed by atoms with E-state index in [4.69, 9.17) is 9.84 Å². The molecule has 1 aromatic carbocycles. The van der Waals surface area contributed by atoms with Gasteiger partial charge in [-0.3, -0.25) is 14.5 Å². The van der Waals surface area contributed by atoms with Gasteiger partial charge in [0.05, 0.1) is 19.6 Å². The number of ketones is 1. The standard InChI is InChI=1S/C17H23NO4/c1-2-13-3-5-14(6-4-13)17(21)15(11-16(19)20)12-18-7-9-22-10-8-18/h3-6,15H,2,7-12H2,1H3,(H,19,20). The van der Waals surface area contributed by atoms with Crippen LogP contribution >= 0.6 is 0 Å². The lowest BCUT2D eigenvalue weighted by Gasteiger charge is -2.29. The summed E-state index contributed by atoms with van der Waals surface area (Å²) in [4.78, 5) is 25.8. The van der Waals surface area contributed by atoms with Crippen molar-refractivity contribution in [2.45, 2.75) is 19.8 Å². The van der Waals surface area contributed by atoms with Crippen LogP contribution in [0.1, 0.15) is 29.3 Å². The van der Waals surface area contributed by atoms with Crippen LogP contribution in [0.5, 0.6) is 0 Å². The van der Waals surface area contributed by atoms with Gasteiger partial charge in [0.1, 0.15) is 0 Å². The smallest absolute Gasteiger partial charge is 0.304 e. The zero-order valence-corrected chi connectivity index (χ0v) is 13.0. The number of nitrogens with zero attached hydrogens (tertiary/aromatic N) is 1. The average molecular weight is 305 g/mol. The summed E-state index contributed by atoms with van der Waals surface area (Å²) in [6, 6.07) is 7.46. The normalized spacial score (nSPS) is 17.1. The summed E-state index contributed by atoms with van der Waals surface area (Å²) in [7, 11) is 0. The van der Waals surface area contributed by atoms with Crippen LogP contribution in [0.3, 0.4) is 0 Å². The number of benzene rings is 1. The van der Waals surface area contributed by atoms with Crippen molar-refractivity contribution in [2.24, 2.45) is 5.92 Å². The molecule has 1 N–H and O–H groups in total. The molecule has 2 rings (SSSR count).